The molecular weight excluding hydrogens is 320 g/mol. The lowest BCUT2D eigenvalue weighted by Gasteiger charge is -2.25. The first-order chi connectivity index (χ1) is 12.3. The van der Waals surface area contributed by atoms with Crippen LogP contribution in [-0.2, 0) is 29.0 Å². The number of aliphatic imine (C=N–C) groups is 1. The van der Waals surface area contributed by atoms with Crippen LogP contribution in [-0.4, -0.2) is 60.2 Å². The molecular formula is C17H30N6O2. The van der Waals surface area contributed by atoms with Gasteiger partial charge in [-0.1, -0.05) is 0 Å². The molecule has 1 aromatic rings. The van der Waals surface area contributed by atoms with Gasteiger partial charge >= 0.3 is 0 Å². The number of hydrogen-bond acceptors (Lipinski definition) is 5. The SMILES string of the molecule is CCNC(=NCCOCC1CC1)NC1CCc2nc(COC)nn2C1. The first kappa shape index (κ1) is 18.1. The Kier molecular flexibility index (Phi) is 6.63. The smallest absolute Gasteiger partial charge is 0.191 e. The quantitative estimate of drug-likeness (QED) is 0.388. The zero-order valence-electron chi connectivity index (χ0n) is 15.3. The number of aryl methyl sites for hydroxylation is 1. The lowest BCUT2D eigenvalue weighted by atomic mass is 10.1. The first-order valence-corrected chi connectivity index (χ1v) is 9.32. The number of fused-ring (bicyclic) bond motifs is 1. The van der Waals surface area contributed by atoms with Crippen LogP contribution in [0.25, 0.3) is 0 Å². The number of ether oxygens (including phenoxy) is 2. The van der Waals surface area contributed by atoms with Gasteiger partial charge in [0, 0.05) is 32.7 Å². The summed E-state index contributed by atoms with van der Waals surface area (Å²) in [6, 6.07) is 0.301. The van der Waals surface area contributed by atoms with Crippen molar-refractivity contribution in [2.45, 2.75) is 51.8 Å². The fourth-order valence-electron chi connectivity index (χ4n) is 2.94. The minimum atomic E-state index is 0.301. The normalized spacial score (nSPS) is 20.4. The molecule has 1 fully saturated rings. The number of hydrogen-bond donors (Lipinski definition) is 2. The Morgan fingerprint density at radius 2 is 2.24 bits per heavy atom. The summed E-state index contributed by atoms with van der Waals surface area (Å²) < 4.78 is 12.8. The molecule has 1 aromatic heterocycles. The van der Waals surface area contributed by atoms with Gasteiger partial charge in [-0.05, 0) is 32.1 Å². The van der Waals surface area contributed by atoms with E-state index < -0.39 is 0 Å². The summed E-state index contributed by atoms with van der Waals surface area (Å²) in [7, 11) is 1.66. The van der Waals surface area contributed by atoms with Crippen molar-refractivity contribution >= 4 is 5.96 Å². The van der Waals surface area contributed by atoms with Crippen LogP contribution >= 0.6 is 0 Å². The summed E-state index contributed by atoms with van der Waals surface area (Å²) in [5.74, 6) is 3.45. The third-order valence-electron chi connectivity index (χ3n) is 4.42. The van der Waals surface area contributed by atoms with Crippen molar-refractivity contribution in [1.82, 2.24) is 25.4 Å². The Morgan fingerprint density at radius 1 is 1.36 bits per heavy atom. The third-order valence-corrected chi connectivity index (χ3v) is 4.42. The average molecular weight is 350 g/mol. The van der Waals surface area contributed by atoms with Crippen LogP contribution in [0.1, 0.15) is 37.8 Å². The highest BCUT2D eigenvalue weighted by molar-refractivity contribution is 5.80. The van der Waals surface area contributed by atoms with E-state index in [1.54, 1.807) is 7.11 Å². The highest BCUT2D eigenvalue weighted by Gasteiger charge is 2.22. The van der Waals surface area contributed by atoms with Crippen molar-refractivity contribution in [1.29, 1.82) is 0 Å². The molecule has 8 nitrogen and oxygen atoms in total. The summed E-state index contributed by atoms with van der Waals surface area (Å²) in [5.41, 5.74) is 0. The Bertz CT molecular complexity index is 569. The molecule has 0 amide bonds. The van der Waals surface area contributed by atoms with Gasteiger partial charge < -0.3 is 20.1 Å². The van der Waals surface area contributed by atoms with Gasteiger partial charge in [0.2, 0.25) is 0 Å². The zero-order valence-corrected chi connectivity index (χ0v) is 15.3. The van der Waals surface area contributed by atoms with Crippen LogP contribution < -0.4 is 10.6 Å². The minimum Gasteiger partial charge on any atom is -0.379 e. The van der Waals surface area contributed by atoms with E-state index in [0.717, 1.165) is 56.1 Å². The van der Waals surface area contributed by atoms with Gasteiger partial charge in [0.25, 0.3) is 0 Å². The Morgan fingerprint density at radius 3 is 3.00 bits per heavy atom. The molecule has 2 aliphatic rings. The predicted octanol–water partition coefficient (Wildman–Crippen LogP) is 0.721. The summed E-state index contributed by atoms with van der Waals surface area (Å²) >= 11 is 0. The highest BCUT2D eigenvalue weighted by Crippen LogP contribution is 2.28. The molecule has 1 saturated carbocycles. The molecule has 0 bridgehead atoms. The molecule has 0 saturated heterocycles. The molecule has 2 N–H and O–H groups in total. The van der Waals surface area contributed by atoms with Crippen LogP contribution in [0.3, 0.4) is 0 Å². The molecule has 2 heterocycles. The summed E-state index contributed by atoms with van der Waals surface area (Å²) in [6.07, 6.45) is 4.59. The van der Waals surface area contributed by atoms with Crippen molar-refractivity contribution < 1.29 is 9.47 Å². The van der Waals surface area contributed by atoms with Crippen LogP contribution in [0, 0.1) is 5.92 Å². The molecule has 1 aliphatic carbocycles. The van der Waals surface area contributed by atoms with Crippen LogP contribution in [0.15, 0.2) is 4.99 Å². The molecule has 140 valence electrons. The molecule has 8 heteroatoms. The Hall–Kier alpha value is -1.67. The minimum absolute atomic E-state index is 0.301. The van der Waals surface area contributed by atoms with Crippen molar-refractivity contribution in [2.24, 2.45) is 10.9 Å². The standard InChI is InChI=1S/C17H30N6O2/c1-3-18-17(19-8-9-25-11-13-4-5-13)20-14-6-7-16-21-15(12-24-2)22-23(16)10-14/h13-14H,3-12H2,1-2H3,(H2,18,19,20). The van der Waals surface area contributed by atoms with Crippen molar-refractivity contribution in [3.8, 4) is 0 Å². The Balaban J connectivity index is 1.47. The topological polar surface area (TPSA) is 85.6 Å². The first-order valence-electron chi connectivity index (χ1n) is 9.32. The third kappa shape index (κ3) is 5.67. The molecule has 1 unspecified atom stereocenters. The second-order valence-electron chi connectivity index (χ2n) is 6.72. The molecule has 0 radical (unpaired) electrons. The van der Waals surface area contributed by atoms with E-state index in [1.807, 2.05) is 4.68 Å². The van der Waals surface area contributed by atoms with E-state index in [1.165, 1.54) is 12.8 Å². The predicted molar refractivity (Wildman–Crippen MR) is 95.5 cm³/mol. The second-order valence-corrected chi connectivity index (χ2v) is 6.72. The molecule has 25 heavy (non-hydrogen) atoms. The highest BCUT2D eigenvalue weighted by atomic mass is 16.5. The maximum atomic E-state index is 5.65. The largest absolute Gasteiger partial charge is 0.379 e. The van der Waals surface area contributed by atoms with Gasteiger partial charge in [-0.3, -0.25) is 4.99 Å². The monoisotopic (exact) mass is 350 g/mol. The summed E-state index contributed by atoms with van der Waals surface area (Å²) in [4.78, 5) is 9.14. The van der Waals surface area contributed by atoms with E-state index in [0.29, 0.717) is 25.8 Å². The number of guanidine groups is 1. The number of nitrogens with zero attached hydrogens (tertiary/aromatic N) is 4. The lowest BCUT2D eigenvalue weighted by Crippen LogP contribution is -2.47. The molecule has 1 atom stereocenters. The maximum absolute atomic E-state index is 5.65. The summed E-state index contributed by atoms with van der Waals surface area (Å²) in [6.45, 7) is 6.44. The maximum Gasteiger partial charge on any atom is 0.191 e. The van der Waals surface area contributed by atoms with Crippen LogP contribution in [0.2, 0.25) is 0 Å². The van der Waals surface area contributed by atoms with Crippen molar-refractivity contribution in [3.63, 3.8) is 0 Å². The summed E-state index contributed by atoms with van der Waals surface area (Å²) in [5, 5.41) is 11.3. The van der Waals surface area contributed by atoms with Gasteiger partial charge in [0.15, 0.2) is 11.8 Å². The van der Waals surface area contributed by atoms with Gasteiger partial charge in [-0.25, -0.2) is 9.67 Å². The lowest BCUT2D eigenvalue weighted by molar-refractivity contribution is 0.131. The van der Waals surface area contributed by atoms with Gasteiger partial charge in [-0.2, -0.15) is 5.10 Å². The molecule has 3 rings (SSSR count). The van der Waals surface area contributed by atoms with E-state index in [2.05, 4.69) is 32.6 Å². The molecule has 0 aromatic carbocycles. The Labute approximate surface area is 149 Å². The van der Waals surface area contributed by atoms with Crippen molar-refractivity contribution in [3.05, 3.63) is 11.6 Å². The van der Waals surface area contributed by atoms with E-state index in [-0.39, 0.29) is 0 Å². The molecule has 0 spiro atoms. The van der Waals surface area contributed by atoms with E-state index in [9.17, 15) is 0 Å². The van der Waals surface area contributed by atoms with Gasteiger partial charge in [-0.15, -0.1) is 0 Å². The van der Waals surface area contributed by atoms with Crippen LogP contribution in [0.4, 0.5) is 0 Å². The molecule has 1 aliphatic heterocycles. The van der Waals surface area contributed by atoms with E-state index >= 15 is 0 Å². The number of methoxy groups -OCH3 is 1. The average Bonchev–Trinajstić information content (AvgIpc) is 3.33. The fourth-order valence-corrected chi connectivity index (χ4v) is 2.94. The van der Waals surface area contributed by atoms with Crippen molar-refractivity contribution in [2.75, 3.05) is 33.4 Å². The number of nitrogens with one attached hydrogen (secondary N) is 2. The number of aromatic nitrogens is 3. The number of rotatable bonds is 9. The van der Waals surface area contributed by atoms with Gasteiger partial charge in [0.1, 0.15) is 12.4 Å². The zero-order chi connectivity index (χ0) is 17.5. The second kappa shape index (κ2) is 9.15. The van der Waals surface area contributed by atoms with E-state index in [4.69, 9.17) is 9.47 Å². The van der Waals surface area contributed by atoms with Gasteiger partial charge in [0.05, 0.1) is 19.7 Å². The fraction of sp³-hybridized carbons (Fsp3) is 0.824. The van der Waals surface area contributed by atoms with Crippen LogP contribution in [0.5, 0.6) is 0 Å².